The van der Waals surface area contributed by atoms with Crippen LogP contribution in [0.2, 0.25) is 0 Å². The highest BCUT2D eigenvalue weighted by atomic mass is 16.5. The largest absolute Gasteiger partial charge is 0.504 e. The second-order valence-electron chi connectivity index (χ2n) is 4.89. The molecular weight excluding hydrogens is 226 g/mol. The van der Waals surface area contributed by atoms with Crippen LogP contribution in [0.15, 0.2) is 18.2 Å². The quantitative estimate of drug-likeness (QED) is 0.889. The molecule has 0 atom stereocenters. The van der Waals surface area contributed by atoms with E-state index in [1.807, 2.05) is 25.1 Å². The first-order valence-electron chi connectivity index (χ1n) is 6.97. The highest BCUT2D eigenvalue weighted by Gasteiger charge is 2.13. The lowest BCUT2D eigenvalue weighted by Gasteiger charge is -2.21. The third kappa shape index (κ3) is 3.39. The van der Waals surface area contributed by atoms with Crippen LogP contribution in [0.1, 0.15) is 38.2 Å². The van der Waals surface area contributed by atoms with Crippen LogP contribution in [0.3, 0.4) is 0 Å². The lowest BCUT2D eigenvalue weighted by molar-refractivity contribution is 0.268. The summed E-state index contributed by atoms with van der Waals surface area (Å²) in [6.45, 7) is 5.62. The van der Waals surface area contributed by atoms with E-state index in [1.54, 1.807) is 0 Å². The second-order valence-corrected chi connectivity index (χ2v) is 4.89. The van der Waals surface area contributed by atoms with Crippen molar-refractivity contribution in [2.24, 2.45) is 0 Å². The van der Waals surface area contributed by atoms with Crippen molar-refractivity contribution in [3.8, 4) is 11.5 Å². The molecule has 0 spiro atoms. The van der Waals surface area contributed by atoms with E-state index in [0.29, 0.717) is 18.1 Å². The third-order valence-electron chi connectivity index (χ3n) is 3.48. The maximum Gasteiger partial charge on any atom is 0.162 e. The third-order valence-corrected chi connectivity index (χ3v) is 3.48. The molecular formula is C15H23NO2. The first-order chi connectivity index (χ1) is 8.81. The van der Waals surface area contributed by atoms with Gasteiger partial charge in [-0.25, -0.2) is 0 Å². The van der Waals surface area contributed by atoms with Crippen LogP contribution in [0.5, 0.6) is 11.5 Å². The van der Waals surface area contributed by atoms with Crippen LogP contribution >= 0.6 is 0 Å². The first-order valence-corrected chi connectivity index (χ1v) is 6.97. The molecule has 3 nitrogen and oxygen atoms in total. The number of nitrogens with zero attached hydrogens (tertiary/aromatic N) is 1. The van der Waals surface area contributed by atoms with Gasteiger partial charge in [-0.05, 0) is 38.9 Å². The van der Waals surface area contributed by atoms with Gasteiger partial charge in [-0.15, -0.1) is 0 Å². The van der Waals surface area contributed by atoms with Crippen molar-refractivity contribution < 1.29 is 9.84 Å². The minimum Gasteiger partial charge on any atom is -0.504 e. The van der Waals surface area contributed by atoms with Gasteiger partial charge in [0.15, 0.2) is 11.5 Å². The zero-order valence-electron chi connectivity index (χ0n) is 11.2. The van der Waals surface area contributed by atoms with Crippen LogP contribution in [0.4, 0.5) is 0 Å². The Morgan fingerprint density at radius 3 is 2.56 bits per heavy atom. The molecule has 1 aliphatic heterocycles. The lowest BCUT2D eigenvalue weighted by Crippen LogP contribution is -2.24. The van der Waals surface area contributed by atoms with E-state index in [-0.39, 0.29) is 0 Å². The molecule has 100 valence electrons. The molecule has 2 rings (SSSR count). The van der Waals surface area contributed by atoms with E-state index < -0.39 is 0 Å². The molecule has 1 fully saturated rings. The Kier molecular flexibility index (Phi) is 4.88. The van der Waals surface area contributed by atoms with Gasteiger partial charge in [0.1, 0.15) is 0 Å². The van der Waals surface area contributed by atoms with E-state index in [2.05, 4.69) is 4.90 Å². The number of hydrogen-bond donors (Lipinski definition) is 1. The molecule has 0 bridgehead atoms. The highest BCUT2D eigenvalue weighted by molar-refractivity contribution is 5.45. The van der Waals surface area contributed by atoms with Gasteiger partial charge in [0.25, 0.3) is 0 Å². The number of hydrogen-bond acceptors (Lipinski definition) is 3. The summed E-state index contributed by atoms with van der Waals surface area (Å²) in [5, 5.41) is 10.2. The van der Waals surface area contributed by atoms with Gasteiger partial charge in [0.05, 0.1) is 6.61 Å². The summed E-state index contributed by atoms with van der Waals surface area (Å²) in [4.78, 5) is 2.43. The van der Waals surface area contributed by atoms with Gasteiger partial charge in [-0.3, -0.25) is 4.90 Å². The summed E-state index contributed by atoms with van der Waals surface area (Å²) in [6.07, 6.45) is 5.21. The summed E-state index contributed by atoms with van der Waals surface area (Å²) >= 11 is 0. The van der Waals surface area contributed by atoms with Crippen LogP contribution in [-0.2, 0) is 6.54 Å². The molecule has 1 heterocycles. The van der Waals surface area contributed by atoms with Gasteiger partial charge in [-0.1, -0.05) is 25.0 Å². The zero-order valence-corrected chi connectivity index (χ0v) is 11.2. The molecule has 1 aromatic rings. The van der Waals surface area contributed by atoms with E-state index in [4.69, 9.17) is 4.74 Å². The van der Waals surface area contributed by atoms with Crippen molar-refractivity contribution in [3.05, 3.63) is 23.8 Å². The molecule has 0 saturated carbocycles. The molecule has 0 aromatic heterocycles. The standard InChI is InChI=1S/C15H23NO2/c1-2-18-14-9-7-8-13(15(14)17)12-16-10-5-3-4-6-11-16/h7-9,17H,2-6,10-12H2,1H3. The number of phenolic OH excluding ortho intramolecular Hbond substituents is 1. The number of benzene rings is 1. The lowest BCUT2D eigenvalue weighted by atomic mass is 10.1. The van der Waals surface area contributed by atoms with E-state index >= 15 is 0 Å². The Hall–Kier alpha value is -1.22. The summed E-state index contributed by atoms with van der Waals surface area (Å²) in [6, 6.07) is 5.77. The van der Waals surface area contributed by atoms with Crippen LogP contribution < -0.4 is 4.74 Å². The van der Waals surface area contributed by atoms with E-state index in [1.165, 1.54) is 25.7 Å². The van der Waals surface area contributed by atoms with Crippen LogP contribution in [0.25, 0.3) is 0 Å². The minimum atomic E-state index is 0.309. The Balaban J connectivity index is 2.05. The van der Waals surface area contributed by atoms with Gasteiger partial charge in [0, 0.05) is 12.1 Å². The monoisotopic (exact) mass is 249 g/mol. The fourth-order valence-corrected chi connectivity index (χ4v) is 2.50. The summed E-state index contributed by atoms with van der Waals surface area (Å²) in [5.74, 6) is 0.911. The smallest absolute Gasteiger partial charge is 0.162 e. The Bertz CT molecular complexity index is 371. The van der Waals surface area contributed by atoms with Gasteiger partial charge in [-0.2, -0.15) is 0 Å². The number of aromatic hydroxyl groups is 1. The number of rotatable bonds is 4. The molecule has 0 aliphatic carbocycles. The number of para-hydroxylation sites is 1. The molecule has 0 unspecified atom stereocenters. The van der Waals surface area contributed by atoms with Crippen molar-refractivity contribution in [2.75, 3.05) is 19.7 Å². The average Bonchev–Trinajstić information content (AvgIpc) is 2.63. The topological polar surface area (TPSA) is 32.7 Å². The molecule has 3 heteroatoms. The fourth-order valence-electron chi connectivity index (χ4n) is 2.50. The second kappa shape index (κ2) is 6.64. The summed E-state index contributed by atoms with van der Waals surface area (Å²) in [5.41, 5.74) is 0.975. The Morgan fingerprint density at radius 1 is 1.17 bits per heavy atom. The predicted molar refractivity (Wildman–Crippen MR) is 73.0 cm³/mol. The van der Waals surface area contributed by atoms with Crippen molar-refractivity contribution in [1.29, 1.82) is 0 Å². The number of likely N-dealkylation sites (tertiary alicyclic amines) is 1. The zero-order chi connectivity index (χ0) is 12.8. The first kappa shape index (κ1) is 13.2. The Labute approximate surface area is 109 Å². The van der Waals surface area contributed by atoms with Crippen LogP contribution in [-0.4, -0.2) is 29.7 Å². The van der Waals surface area contributed by atoms with E-state index in [9.17, 15) is 5.11 Å². The molecule has 0 radical (unpaired) electrons. The molecule has 1 aromatic carbocycles. The molecule has 1 saturated heterocycles. The van der Waals surface area contributed by atoms with Gasteiger partial charge < -0.3 is 9.84 Å². The highest BCUT2D eigenvalue weighted by Crippen LogP contribution is 2.31. The Morgan fingerprint density at radius 2 is 1.89 bits per heavy atom. The predicted octanol–water partition coefficient (Wildman–Crippen LogP) is 3.17. The maximum atomic E-state index is 10.2. The normalized spacial score (nSPS) is 17.4. The maximum absolute atomic E-state index is 10.2. The fraction of sp³-hybridized carbons (Fsp3) is 0.600. The molecule has 18 heavy (non-hydrogen) atoms. The van der Waals surface area contributed by atoms with E-state index in [0.717, 1.165) is 25.2 Å². The molecule has 0 amide bonds. The summed E-state index contributed by atoms with van der Waals surface area (Å²) in [7, 11) is 0. The van der Waals surface area contributed by atoms with Crippen molar-refractivity contribution >= 4 is 0 Å². The van der Waals surface area contributed by atoms with Crippen molar-refractivity contribution in [3.63, 3.8) is 0 Å². The molecule has 1 N–H and O–H groups in total. The SMILES string of the molecule is CCOc1cccc(CN2CCCCCC2)c1O. The number of phenols is 1. The minimum absolute atomic E-state index is 0.309. The number of ether oxygens (including phenoxy) is 1. The molecule has 1 aliphatic rings. The van der Waals surface area contributed by atoms with Gasteiger partial charge >= 0.3 is 0 Å². The van der Waals surface area contributed by atoms with Crippen LogP contribution in [0, 0.1) is 0 Å². The summed E-state index contributed by atoms with van der Waals surface area (Å²) < 4.78 is 5.42. The van der Waals surface area contributed by atoms with Crippen molar-refractivity contribution in [1.82, 2.24) is 4.90 Å². The average molecular weight is 249 g/mol. The van der Waals surface area contributed by atoms with Crippen molar-refractivity contribution in [2.45, 2.75) is 39.2 Å². The van der Waals surface area contributed by atoms with Gasteiger partial charge in [0.2, 0.25) is 0 Å².